The fraction of sp³-hybridized carbons (Fsp3) is 0.0909. The van der Waals surface area contributed by atoms with Gasteiger partial charge in [-0.15, -0.1) is 0 Å². The Morgan fingerprint density at radius 2 is 2.20 bits per heavy atom. The van der Waals surface area contributed by atoms with Crippen molar-refractivity contribution >= 4 is 10.9 Å². The predicted molar refractivity (Wildman–Crippen MR) is 54.0 cm³/mol. The molecule has 0 unspecified atom stereocenters. The summed E-state index contributed by atoms with van der Waals surface area (Å²) in [4.78, 5) is 13.6. The number of hydrogen-bond acceptors (Lipinski definition) is 2. The largest absolute Gasteiger partial charge is 0.318 e. The second-order valence-electron chi connectivity index (χ2n) is 3.28. The van der Waals surface area contributed by atoms with Crippen molar-refractivity contribution in [2.75, 3.05) is 0 Å². The van der Waals surface area contributed by atoms with Crippen LogP contribution < -0.4 is 5.56 Å². The van der Waals surface area contributed by atoms with Crippen molar-refractivity contribution in [2.24, 2.45) is 0 Å². The van der Waals surface area contributed by atoms with E-state index >= 15 is 0 Å². The van der Waals surface area contributed by atoms with E-state index in [0.29, 0.717) is 10.9 Å². The van der Waals surface area contributed by atoms with Crippen LogP contribution >= 0.6 is 0 Å². The number of fused-ring (bicyclic) bond motifs is 1. The molecule has 0 aliphatic rings. The summed E-state index contributed by atoms with van der Waals surface area (Å²) in [5.74, 6) is -0.450. The van der Waals surface area contributed by atoms with Crippen LogP contribution in [0.5, 0.6) is 0 Å². The van der Waals surface area contributed by atoms with Crippen LogP contribution in [0.4, 0.5) is 4.39 Å². The van der Waals surface area contributed by atoms with E-state index in [9.17, 15) is 9.18 Å². The molecule has 1 aromatic heterocycles. The van der Waals surface area contributed by atoms with Gasteiger partial charge in [0.2, 0.25) is 0 Å². The molecule has 0 radical (unpaired) electrons. The van der Waals surface area contributed by atoms with Crippen LogP contribution in [0.25, 0.3) is 10.9 Å². The first-order valence-electron chi connectivity index (χ1n) is 4.35. The van der Waals surface area contributed by atoms with Crippen molar-refractivity contribution in [3.05, 3.63) is 45.5 Å². The van der Waals surface area contributed by atoms with Gasteiger partial charge in [-0.1, -0.05) is 12.1 Å². The molecule has 3 nitrogen and oxygen atoms in total. The summed E-state index contributed by atoms with van der Waals surface area (Å²) in [6.45, 7) is 1.62. The van der Waals surface area contributed by atoms with Gasteiger partial charge in [-0.05, 0) is 18.6 Å². The quantitative estimate of drug-likeness (QED) is 0.708. The highest BCUT2D eigenvalue weighted by molar-refractivity contribution is 5.80. The monoisotopic (exact) mass is 202 g/mol. The van der Waals surface area contributed by atoms with Crippen molar-refractivity contribution in [1.82, 2.24) is 4.98 Å². The summed E-state index contributed by atoms with van der Waals surface area (Å²) in [6, 6.07) is 6.42. The first kappa shape index (κ1) is 9.41. The minimum Gasteiger partial charge on any atom is -0.318 e. The van der Waals surface area contributed by atoms with Gasteiger partial charge in [0.1, 0.15) is 17.4 Å². The third kappa shape index (κ3) is 1.38. The normalized spacial score (nSPS) is 10.2. The van der Waals surface area contributed by atoms with E-state index in [-0.39, 0.29) is 11.1 Å². The molecule has 0 aliphatic carbocycles. The van der Waals surface area contributed by atoms with Gasteiger partial charge < -0.3 is 4.98 Å². The van der Waals surface area contributed by atoms with Gasteiger partial charge in [-0.3, -0.25) is 4.79 Å². The second-order valence-corrected chi connectivity index (χ2v) is 3.28. The molecule has 0 saturated heterocycles. The zero-order valence-corrected chi connectivity index (χ0v) is 7.97. The third-order valence-electron chi connectivity index (χ3n) is 2.27. The van der Waals surface area contributed by atoms with E-state index in [4.69, 9.17) is 5.26 Å². The molecular formula is C11H7FN2O. The van der Waals surface area contributed by atoms with Crippen molar-refractivity contribution in [1.29, 1.82) is 5.26 Å². The molecule has 2 rings (SSSR count). The lowest BCUT2D eigenvalue weighted by molar-refractivity contribution is 0.627. The smallest absolute Gasteiger partial charge is 0.266 e. The maximum atomic E-state index is 13.6. The Morgan fingerprint density at radius 3 is 2.87 bits per heavy atom. The van der Waals surface area contributed by atoms with Gasteiger partial charge >= 0.3 is 0 Å². The van der Waals surface area contributed by atoms with Crippen molar-refractivity contribution in [2.45, 2.75) is 6.92 Å². The molecule has 0 atom stereocenters. The first-order valence-corrected chi connectivity index (χ1v) is 4.35. The Kier molecular flexibility index (Phi) is 2.01. The zero-order valence-electron chi connectivity index (χ0n) is 7.97. The Balaban J connectivity index is 2.95. The molecular weight excluding hydrogens is 195 g/mol. The predicted octanol–water partition coefficient (Wildman–Crippen LogP) is 1.85. The van der Waals surface area contributed by atoms with Gasteiger partial charge in [-0.2, -0.15) is 5.26 Å². The van der Waals surface area contributed by atoms with Gasteiger partial charge in [0.05, 0.1) is 5.52 Å². The average molecular weight is 202 g/mol. The standard InChI is InChI=1S/C11H7FN2O/c1-6-2-3-7-4-8(5-13)11(15)14-10(7)9(6)12/h2-4H,1H3,(H,14,15). The number of H-pyrrole nitrogens is 1. The topological polar surface area (TPSA) is 56.6 Å². The molecule has 2 aromatic rings. The van der Waals surface area contributed by atoms with Gasteiger partial charge in [0.15, 0.2) is 0 Å². The summed E-state index contributed by atoms with van der Waals surface area (Å²) < 4.78 is 13.6. The molecule has 0 fully saturated rings. The zero-order chi connectivity index (χ0) is 11.0. The highest BCUT2D eigenvalue weighted by Crippen LogP contribution is 2.17. The maximum Gasteiger partial charge on any atom is 0.266 e. The Labute approximate surface area is 84.8 Å². The number of pyridine rings is 1. The fourth-order valence-electron chi connectivity index (χ4n) is 1.43. The van der Waals surface area contributed by atoms with Crippen molar-refractivity contribution < 1.29 is 4.39 Å². The van der Waals surface area contributed by atoms with Crippen LogP contribution in [0.2, 0.25) is 0 Å². The SMILES string of the molecule is Cc1ccc2cc(C#N)c(=O)[nH]c2c1F. The summed E-state index contributed by atoms with van der Waals surface area (Å²) in [7, 11) is 0. The molecule has 0 amide bonds. The molecule has 0 saturated carbocycles. The van der Waals surface area contributed by atoms with Crippen LogP contribution in [0.1, 0.15) is 11.1 Å². The minimum atomic E-state index is -0.561. The molecule has 4 heteroatoms. The number of rotatable bonds is 0. The van der Waals surface area contributed by atoms with E-state index in [1.807, 2.05) is 0 Å². The van der Waals surface area contributed by atoms with Gasteiger partial charge in [0, 0.05) is 5.39 Å². The fourth-order valence-corrected chi connectivity index (χ4v) is 1.43. The van der Waals surface area contributed by atoms with Crippen LogP contribution in [0.15, 0.2) is 23.0 Å². The summed E-state index contributed by atoms with van der Waals surface area (Å²) in [5, 5.41) is 9.16. The molecule has 0 spiro atoms. The number of benzene rings is 1. The molecule has 0 aliphatic heterocycles. The first-order chi connectivity index (χ1) is 7.13. The van der Waals surface area contributed by atoms with Gasteiger partial charge in [-0.25, -0.2) is 4.39 Å². The lowest BCUT2D eigenvalue weighted by Crippen LogP contribution is -2.10. The van der Waals surface area contributed by atoms with Crippen LogP contribution in [0.3, 0.4) is 0 Å². The number of hydrogen-bond donors (Lipinski definition) is 1. The molecule has 0 bridgehead atoms. The number of aromatic nitrogens is 1. The Bertz CT molecular complexity index is 637. The van der Waals surface area contributed by atoms with E-state index < -0.39 is 11.4 Å². The number of halogens is 1. The maximum absolute atomic E-state index is 13.6. The molecule has 1 aromatic carbocycles. The number of aromatic amines is 1. The average Bonchev–Trinajstić information content (AvgIpc) is 2.24. The second kappa shape index (κ2) is 3.21. The van der Waals surface area contributed by atoms with Crippen LogP contribution in [-0.4, -0.2) is 4.98 Å². The Morgan fingerprint density at radius 1 is 1.47 bits per heavy atom. The number of nitrogens with zero attached hydrogens (tertiary/aromatic N) is 1. The molecule has 15 heavy (non-hydrogen) atoms. The third-order valence-corrected chi connectivity index (χ3v) is 2.27. The highest BCUT2D eigenvalue weighted by Gasteiger charge is 2.07. The van der Waals surface area contributed by atoms with Crippen LogP contribution in [0, 0.1) is 24.1 Å². The Hall–Kier alpha value is -2.15. The van der Waals surface area contributed by atoms with E-state index in [0.717, 1.165) is 0 Å². The van der Waals surface area contributed by atoms with Crippen molar-refractivity contribution in [3.63, 3.8) is 0 Å². The van der Waals surface area contributed by atoms with E-state index in [2.05, 4.69) is 4.98 Å². The van der Waals surface area contributed by atoms with E-state index in [1.165, 1.54) is 6.07 Å². The number of nitriles is 1. The molecule has 74 valence electrons. The molecule has 1 heterocycles. The summed E-state index contributed by atoms with van der Waals surface area (Å²) in [6.07, 6.45) is 0. The van der Waals surface area contributed by atoms with Gasteiger partial charge in [0.25, 0.3) is 5.56 Å². The minimum absolute atomic E-state index is 0.00856. The van der Waals surface area contributed by atoms with E-state index in [1.54, 1.807) is 25.1 Å². The van der Waals surface area contributed by atoms with Crippen molar-refractivity contribution in [3.8, 4) is 6.07 Å². The lowest BCUT2D eigenvalue weighted by Gasteiger charge is -2.02. The van der Waals surface area contributed by atoms with Crippen LogP contribution in [-0.2, 0) is 0 Å². The lowest BCUT2D eigenvalue weighted by atomic mass is 10.1. The highest BCUT2D eigenvalue weighted by atomic mass is 19.1. The number of aryl methyl sites for hydroxylation is 1. The number of nitrogens with one attached hydrogen (secondary N) is 1. The molecule has 1 N–H and O–H groups in total. The summed E-state index contributed by atoms with van der Waals surface area (Å²) >= 11 is 0. The summed E-state index contributed by atoms with van der Waals surface area (Å²) in [5.41, 5.74) is 0.0436.